The molecule has 2 heterocycles. The van der Waals surface area contributed by atoms with Crippen molar-refractivity contribution in [2.75, 3.05) is 19.5 Å². The molecule has 24 heavy (non-hydrogen) atoms. The predicted molar refractivity (Wildman–Crippen MR) is 91.9 cm³/mol. The van der Waals surface area contributed by atoms with Crippen molar-refractivity contribution in [1.29, 1.82) is 0 Å². The van der Waals surface area contributed by atoms with Crippen LogP contribution in [0.1, 0.15) is 44.2 Å². The number of anilines is 1. The maximum Gasteiger partial charge on any atom is 0.226 e. The fraction of sp³-hybridized carbons (Fsp3) is 0.444. The van der Waals surface area contributed by atoms with Crippen molar-refractivity contribution in [3.8, 4) is 11.5 Å². The van der Waals surface area contributed by atoms with Gasteiger partial charge in [0.2, 0.25) is 5.91 Å². The first-order valence-corrected chi connectivity index (χ1v) is 7.95. The molecule has 1 aromatic carbocycles. The molecule has 128 valence electrons. The van der Waals surface area contributed by atoms with Gasteiger partial charge in [0.05, 0.1) is 26.0 Å². The van der Waals surface area contributed by atoms with E-state index in [1.807, 2.05) is 29.1 Å². The number of methoxy groups -OCH3 is 2. The van der Waals surface area contributed by atoms with Crippen molar-refractivity contribution in [2.45, 2.75) is 38.6 Å². The zero-order valence-electron chi connectivity index (χ0n) is 14.7. The number of hydrogen-bond acceptors (Lipinski definition) is 4. The summed E-state index contributed by atoms with van der Waals surface area (Å²) in [5.74, 6) is 2.10. The number of benzene rings is 1. The van der Waals surface area contributed by atoms with E-state index in [1.165, 1.54) is 0 Å². The fourth-order valence-electron chi connectivity index (χ4n) is 3.12. The lowest BCUT2D eigenvalue weighted by Crippen LogP contribution is -2.30. The molecule has 0 bridgehead atoms. The van der Waals surface area contributed by atoms with Crippen LogP contribution in [-0.4, -0.2) is 29.9 Å². The third-order valence-corrected chi connectivity index (χ3v) is 4.27. The summed E-state index contributed by atoms with van der Waals surface area (Å²) >= 11 is 0. The van der Waals surface area contributed by atoms with Crippen LogP contribution in [0.2, 0.25) is 0 Å². The van der Waals surface area contributed by atoms with Gasteiger partial charge in [-0.05, 0) is 39.0 Å². The zero-order valence-corrected chi connectivity index (χ0v) is 14.7. The van der Waals surface area contributed by atoms with Crippen LogP contribution < -0.4 is 14.8 Å². The molecule has 6 heteroatoms. The molecule has 0 fully saturated rings. The Bertz CT molecular complexity index is 774. The topological polar surface area (TPSA) is 65.4 Å². The van der Waals surface area contributed by atoms with Gasteiger partial charge in [0.15, 0.2) is 0 Å². The Balaban J connectivity index is 2.15. The summed E-state index contributed by atoms with van der Waals surface area (Å²) in [5, 5.41) is 7.48. The van der Waals surface area contributed by atoms with E-state index in [2.05, 4.69) is 31.2 Å². The average molecular weight is 329 g/mol. The highest BCUT2D eigenvalue weighted by Crippen LogP contribution is 2.42. The van der Waals surface area contributed by atoms with Gasteiger partial charge < -0.3 is 14.8 Å². The van der Waals surface area contributed by atoms with Crippen molar-refractivity contribution in [2.24, 2.45) is 0 Å². The third-order valence-electron chi connectivity index (χ3n) is 4.27. The minimum absolute atomic E-state index is 0.0247. The minimum Gasteiger partial charge on any atom is -0.497 e. The van der Waals surface area contributed by atoms with Gasteiger partial charge in [0.25, 0.3) is 0 Å². The molecule has 1 amide bonds. The number of aromatic nitrogens is 2. The van der Waals surface area contributed by atoms with Crippen LogP contribution in [0.4, 0.5) is 5.82 Å². The lowest BCUT2D eigenvalue weighted by molar-refractivity contribution is -0.116. The number of ether oxygens (including phenoxy) is 2. The molecule has 0 spiro atoms. The Labute approximate surface area is 141 Å². The number of carbonyl (C=O) groups is 1. The van der Waals surface area contributed by atoms with E-state index in [1.54, 1.807) is 14.2 Å². The van der Waals surface area contributed by atoms with Gasteiger partial charge in [-0.2, -0.15) is 5.10 Å². The molecule has 0 aliphatic carbocycles. The van der Waals surface area contributed by atoms with Crippen molar-refractivity contribution in [3.63, 3.8) is 0 Å². The van der Waals surface area contributed by atoms with Gasteiger partial charge >= 0.3 is 0 Å². The minimum atomic E-state index is -0.221. The summed E-state index contributed by atoms with van der Waals surface area (Å²) in [4.78, 5) is 12.3. The summed E-state index contributed by atoms with van der Waals surface area (Å²) < 4.78 is 12.7. The molecule has 1 atom stereocenters. The standard InChI is InChI=1S/C18H23N3O3/c1-18(2,3)21-17-14(10-19-21)12(9-16(22)20-17)13-8-11(23-4)6-7-15(13)24-5/h6-8,10,12H,9H2,1-5H3,(H,20,22)/t12-/m1/s1. The Morgan fingerprint density at radius 3 is 2.58 bits per heavy atom. The monoisotopic (exact) mass is 329 g/mol. The van der Waals surface area contributed by atoms with E-state index in [4.69, 9.17) is 9.47 Å². The molecule has 0 unspecified atom stereocenters. The molecule has 0 radical (unpaired) electrons. The summed E-state index contributed by atoms with van der Waals surface area (Å²) in [6.07, 6.45) is 2.19. The Kier molecular flexibility index (Phi) is 3.99. The lowest BCUT2D eigenvalue weighted by atomic mass is 9.86. The Morgan fingerprint density at radius 2 is 1.96 bits per heavy atom. The SMILES string of the molecule is COc1ccc(OC)c([C@H]2CC(=O)Nc3c2cnn3C(C)(C)C)c1. The highest BCUT2D eigenvalue weighted by Gasteiger charge is 2.34. The molecule has 1 aliphatic heterocycles. The second-order valence-corrected chi connectivity index (χ2v) is 6.94. The maximum atomic E-state index is 12.3. The zero-order chi connectivity index (χ0) is 17.5. The lowest BCUT2D eigenvalue weighted by Gasteiger charge is -2.28. The van der Waals surface area contributed by atoms with Crippen molar-refractivity contribution < 1.29 is 14.3 Å². The van der Waals surface area contributed by atoms with E-state index in [0.29, 0.717) is 6.42 Å². The van der Waals surface area contributed by atoms with Crippen LogP contribution in [0.3, 0.4) is 0 Å². The molecule has 6 nitrogen and oxygen atoms in total. The number of hydrogen-bond donors (Lipinski definition) is 1. The molecule has 3 rings (SSSR count). The molecule has 1 aromatic heterocycles. The molecule has 1 aliphatic rings. The van der Waals surface area contributed by atoms with Crippen LogP contribution in [0.5, 0.6) is 11.5 Å². The van der Waals surface area contributed by atoms with E-state index >= 15 is 0 Å². The van der Waals surface area contributed by atoms with Crippen LogP contribution in [0.25, 0.3) is 0 Å². The fourth-order valence-corrected chi connectivity index (χ4v) is 3.12. The summed E-state index contributed by atoms with van der Waals surface area (Å²) in [7, 11) is 3.26. The van der Waals surface area contributed by atoms with Gasteiger partial charge in [-0.15, -0.1) is 0 Å². The van der Waals surface area contributed by atoms with Gasteiger partial charge in [-0.1, -0.05) is 0 Å². The second kappa shape index (κ2) is 5.85. The number of amides is 1. The highest BCUT2D eigenvalue weighted by atomic mass is 16.5. The van der Waals surface area contributed by atoms with E-state index in [9.17, 15) is 4.79 Å². The largest absolute Gasteiger partial charge is 0.497 e. The first kappa shape index (κ1) is 16.4. The summed E-state index contributed by atoms with van der Waals surface area (Å²) in [5.41, 5.74) is 1.71. The first-order valence-electron chi connectivity index (χ1n) is 7.95. The third kappa shape index (κ3) is 2.72. The van der Waals surface area contributed by atoms with Crippen LogP contribution in [-0.2, 0) is 10.3 Å². The number of carbonyl (C=O) groups excluding carboxylic acids is 1. The summed E-state index contributed by atoms with van der Waals surface area (Å²) in [6.45, 7) is 6.17. The summed E-state index contributed by atoms with van der Waals surface area (Å²) in [6, 6.07) is 5.65. The van der Waals surface area contributed by atoms with Gasteiger partial charge in [0.1, 0.15) is 17.3 Å². The molecule has 0 saturated carbocycles. The highest BCUT2D eigenvalue weighted by molar-refractivity contribution is 5.94. The van der Waals surface area contributed by atoms with E-state index < -0.39 is 0 Å². The molecular weight excluding hydrogens is 306 g/mol. The number of nitrogens with one attached hydrogen (secondary N) is 1. The molecule has 2 aromatic rings. The number of nitrogens with zero attached hydrogens (tertiary/aromatic N) is 2. The van der Waals surface area contributed by atoms with Crippen LogP contribution in [0.15, 0.2) is 24.4 Å². The van der Waals surface area contributed by atoms with Gasteiger partial charge in [0, 0.05) is 23.5 Å². The van der Waals surface area contributed by atoms with Crippen molar-refractivity contribution >= 4 is 11.7 Å². The van der Waals surface area contributed by atoms with Gasteiger partial charge in [-0.3, -0.25) is 4.79 Å². The predicted octanol–water partition coefficient (Wildman–Crippen LogP) is 3.13. The molecule has 0 saturated heterocycles. The van der Waals surface area contributed by atoms with E-state index in [-0.39, 0.29) is 17.4 Å². The Morgan fingerprint density at radius 1 is 1.21 bits per heavy atom. The molecule has 1 N–H and O–H groups in total. The number of fused-ring (bicyclic) bond motifs is 1. The van der Waals surface area contributed by atoms with E-state index in [0.717, 1.165) is 28.4 Å². The van der Waals surface area contributed by atoms with Crippen molar-refractivity contribution in [1.82, 2.24) is 9.78 Å². The average Bonchev–Trinajstić information content (AvgIpc) is 2.97. The second-order valence-electron chi connectivity index (χ2n) is 6.94. The Hall–Kier alpha value is -2.50. The van der Waals surface area contributed by atoms with Crippen LogP contribution >= 0.6 is 0 Å². The quantitative estimate of drug-likeness (QED) is 0.939. The van der Waals surface area contributed by atoms with Gasteiger partial charge in [-0.25, -0.2) is 4.68 Å². The smallest absolute Gasteiger partial charge is 0.226 e. The molecular formula is C18H23N3O3. The first-order chi connectivity index (χ1) is 11.3. The number of rotatable bonds is 3. The van der Waals surface area contributed by atoms with Crippen LogP contribution in [0, 0.1) is 0 Å². The normalized spacial score (nSPS) is 17.2. The maximum absolute atomic E-state index is 12.3. The van der Waals surface area contributed by atoms with Crippen molar-refractivity contribution in [3.05, 3.63) is 35.5 Å².